The number of carbonyl (C=O) groups is 2. The molecule has 8 heteroatoms. The van der Waals surface area contributed by atoms with Gasteiger partial charge in [-0.3, -0.25) is 13.9 Å². The van der Waals surface area contributed by atoms with Crippen LogP contribution in [0.25, 0.3) is 0 Å². The summed E-state index contributed by atoms with van der Waals surface area (Å²) in [6.45, 7) is 6.99. The van der Waals surface area contributed by atoms with E-state index in [1.165, 1.54) is 0 Å². The third kappa shape index (κ3) is 6.38. The molecule has 7 nitrogen and oxygen atoms in total. The van der Waals surface area contributed by atoms with Crippen molar-refractivity contribution in [2.24, 2.45) is 0 Å². The van der Waals surface area contributed by atoms with Gasteiger partial charge in [-0.2, -0.15) is 0 Å². The van der Waals surface area contributed by atoms with Crippen LogP contribution in [-0.4, -0.2) is 38.2 Å². The molecule has 1 heterocycles. The Morgan fingerprint density at radius 1 is 0.946 bits per heavy atom. The van der Waals surface area contributed by atoms with Crippen LogP contribution >= 0.6 is 0 Å². The van der Waals surface area contributed by atoms with E-state index in [1.54, 1.807) is 36.4 Å². The van der Waals surface area contributed by atoms with Crippen molar-refractivity contribution in [2.75, 3.05) is 17.4 Å². The van der Waals surface area contributed by atoms with Crippen LogP contribution in [0.5, 0.6) is 0 Å². The van der Waals surface area contributed by atoms with E-state index >= 15 is 0 Å². The van der Waals surface area contributed by atoms with Crippen molar-refractivity contribution in [3.8, 4) is 0 Å². The Balaban J connectivity index is 1.50. The van der Waals surface area contributed by atoms with Crippen molar-refractivity contribution in [3.63, 3.8) is 0 Å². The van der Waals surface area contributed by atoms with Crippen LogP contribution in [-0.2, 0) is 32.7 Å². The maximum atomic E-state index is 13.6. The van der Waals surface area contributed by atoms with Gasteiger partial charge in [0, 0.05) is 26.1 Å². The van der Waals surface area contributed by atoms with Crippen LogP contribution in [0.15, 0.2) is 71.6 Å². The Labute approximate surface area is 219 Å². The predicted molar refractivity (Wildman–Crippen MR) is 145 cm³/mol. The number of hydrogen-bond acceptors (Lipinski definition) is 4. The van der Waals surface area contributed by atoms with Gasteiger partial charge in [0.25, 0.3) is 10.0 Å². The lowest BCUT2D eigenvalue weighted by Crippen LogP contribution is -2.40. The summed E-state index contributed by atoms with van der Waals surface area (Å²) in [5.74, 6) is -0.242. The molecule has 1 N–H and O–H groups in total. The lowest BCUT2D eigenvalue weighted by molar-refractivity contribution is -0.128. The molecular formula is C29H33N3O4S. The lowest BCUT2D eigenvalue weighted by atomic mass is 10.1. The molecule has 0 radical (unpaired) electrons. The highest BCUT2D eigenvalue weighted by Gasteiger charge is 2.27. The number of amides is 2. The fraction of sp³-hybridized carbons (Fsp3) is 0.310. The van der Waals surface area contributed by atoms with Crippen molar-refractivity contribution in [1.29, 1.82) is 0 Å². The molecule has 0 atom stereocenters. The smallest absolute Gasteiger partial charge is 0.264 e. The maximum Gasteiger partial charge on any atom is 0.264 e. The van der Waals surface area contributed by atoms with Crippen LogP contribution in [0, 0.1) is 20.8 Å². The monoisotopic (exact) mass is 519 g/mol. The Hall–Kier alpha value is -3.65. The predicted octanol–water partition coefficient (Wildman–Crippen LogP) is 4.25. The van der Waals surface area contributed by atoms with Crippen molar-refractivity contribution < 1.29 is 18.0 Å². The third-order valence-electron chi connectivity index (χ3n) is 6.70. The van der Waals surface area contributed by atoms with Gasteiger partial charge in [0.15, 0.2) is 0 Å². The minimum absolute atomic E-state index is 0.133. The largest absolute Gasteiger partial charge is 0.350 e. The third-order valence-corrected chi connectivity index (χ3v) is 8.49. The second kappa shape index (κ2) is 11.2. The van der Waals surface area contributed by atoms with Gasteiger partial charge in [-0.25, -0.2) is 8.42 Å². The van der Waals surface area contributed by atoms with Crippen LogP contribution in [0.4, 0.5) is 5.69 Å². The maximum absolute atomic E-state index is 13.6. The van der Waals surface area contributed by atoms with E-state index in [9.17, 15) is 18.0 Å². The number of anilines is 1. The molecule has 1 saturated heterocycles. The molecule has 4 rings (SSSR count). The molecule has 3 aromatic carbocycles. The second-order valence-corrected chi connectivity index (χ2v) is 11.5. The molecule has 0 unspecified atom stereocenters. The molecule has 194 valence electrons. The highest BCUT2D eigenvalue weighted by atomic mass is 32.2. The van der Waals surface area contributed by atoms with E-state index in [4.69, 9.17) is 0 Å². The minimum Gasteiger partial charge on any atom is -0.350 e. The Morgan fingerprint density at radius 3 is 2.35 bits per heavy atom. The van der Waals surface area contributed by atoms with Crippen LogP contribution < -0.4 is 9.62 Å². The molecule has 3 aromatic rings. The van der Waals surface area contributed by atoms with Crippen LogP contribution in [0.1, 0.15) is 40.7 Å². The first-order chi connectivity index (χ1) is 17.6. The number of benzene rings is 3. The molecule has 0 saturated carbocycles. The zero-order valence-corrected chi connectivity index (χ0v) is 22.3. The zero-order valence-electron chi connectivity index (χ0n) is 21.5. The summed E-state index contributed by atoms with van der Waals surface area (Å²) in [6, 6.07) is 19.7. The fourth-order valence-electron chi connectivity index (χ4n) is 4.35. The summed E-state index contributed by atoms with van der Waals surface area (Å²) < 4.78 is 28.4. The average Bonchev–Trinajstić information content (AvgIpc) is 3.27. The molecule has 2 amide bonds. The Morgan fingerprint density at radius 2 is 1.68 bits per heavy atom. The van der Waals surface area contributed by atoms with Gasteiger partial charge in [-0.1, -0.05) is 48.0 Å². The van der Waals surface area contributed by atoms with E-state index in [0.29, 0.717) is 18.7 Å². The fourth-order valence-corrected chi connectivity index (χ4v) is 5.76. The summed E-state index contributed by atoms with van der Waals surface area (Å²) >= 11 is 0. The average molecular weight is 520 g/mol. The molecule has 0 aromatic heterocycles. The van der Waals surface area contributed by atoms with Crippen molar-refractivity contribution in [1.82, 2.24) is 10.2 Å². The Kier molecular flexibility index (Phi) is 7.97. The molecular weight excluding hydrogens is 486 g/mol. The summed E-state index contributed by atoms with van der Waals surface area (Å²) in [6.07, 6.45) is 1.48. The first kappa shape index (κ1) is 26.4. The van der Waals surface area contributed by atoms with Gasteiger partial charge in [0.1, 0.15) is 6.54 Å². The highest BCUT2D eigenvalue weighted by Crippen LogP contribution is 2.26. The first-order valence-corrected chi connectivity index (χ1v) is 13.9. The van der Waals surface area contributed by atoms with Gasteiger partial charge in [0.2, 0.25) is 11.8 Å². The quantitative estimate of drug-likeness (QED) is 0.458. The van der Waals surface area contributed by atoms with Crippen molar-refractivity contribution in [2.45, 2.75) is 51.6 Å². The summed E-state index contributed by atoms with van der Waals surface area (Å²) in [7, 11) is -3.97. The van der Waals surface area contributed by atoms with Crippen molar-refractivity contribution in [3.05, 3.63) is 94.5 Å². The van der Waals surface area contributed by atoms with E-state index in [0.717, 1.165) is 45.1 Å². The standard InChI is InChI=1S/C29H33N3O4S/c1-21-9-13-27(14-10-21)37(35,36)32(26-12-11-22(2)23(3)16-26)20-28(33)30-18-24-6-4-7-25(17-24)19-31-15-5-8-29(31)34/h4,6-7,9-14,16-17H,5,8,15,18-20H2,1-3H3,(H,30,33). The Bertz CT molecular complexity index is 1400. The number of likely N-dealkylation sites (tertiary alicyclic amines) is 1. The van der Waals surface area contributed by atoms with Crippen LogP contribution in [0.3, 0.4) is 0 Å². The molecule has 1 aliphatic rings. The SMILES string of the molecule is Cc1ccc(S(=O)(=O)N(CC(=O)NCc2cccc(CN3CCCC3=O)c2)c2ccc(C)c(C)c2)cc1. The number of nitrogens with zero attached hydrogens (tertiary/aromatic N) is 2. The minimum atomic E-state index is -3.97. The molecule has 1 aliphatic heterocycles. The summed E-state index contributed by atoms with van der Waals surface area (Å²) in [5.41, 5.74) is 5.26. The normalized spacial score (nSPS) is 13.6. The second-order valence-electron chi connectivity index (χ2n) is 9.61. The molecule has 0 bridgehead atoms. The van der Waals surface area contributed by atoms with E-state index < -0.39 is 15.9 Å². The number of sulfonamides is 1. The number of carbonyl (C=O) groups excluding carboxylic acids is 2. The number of rotatable bonds is 9. The molecule has 0 aliphatic carbocycles. The number of nitrogens with one attached hydrogen (secondary N) is 1. The van der Waals surface area contributed by atoms with Crippen LogP contribution in [0.2, 0.25) is 0 Å². The number of hydrogen-bond donors (Lipinski definition) is 1. The number of aryl methyl sites for hydroxylation is 3. The summed E-state index contributed by atoms with van der Waals surface area (Å²) in [4.78, 5) is 26.9. The highest BCUT2D eigenvalue weighted by molar-refractivity contribution is 7.92. The first-order valence-electron chi connectivity index (χ1n) is 12.4. The van der Waals surface area contributed by atoms with Gasteiger partial charge < -0.3 is 10.2 Å². The van der Waals surface area contributed by atoms with E-state index in [2.05, 4.69) is 5.32 Å². The van der Waals surface area contributed by atoms with Gasteiger partial charge in [0.05, 0.1) is 10.6 Å². The molecule has 0 spiro atoms. The molecule has 37 heavy (non-hydrogen) atoms. The summed E-state index contributed by atoms with van der Waals surface area (Å²) in [5, 5.41) is 2.86. The van der Waals surface area contributed by atoms with Gasteiger partial charge in [-0.15, -0.1) is 0 Å². The topological polar surface area (TPSA) is 86.8 Å². The zero-order chi connectivity index (χ0) is 26.6. The lowest BCUT2D eigenvalue weighted by Gasteiger charge is -2.25. The van der Waals surface area contributed by atoms with Gasteiger partial charge in [-0.05, 0) is 73.7 Å². The van der Waals surface area contributed by atoms with E-state index in [1.807, 2.05) is 56.0 Å². The van der Waals surface area contributed by atoms with Gasteiger partial charge >= 0.3 is 0 Å². The van der Waals surface area contributed by atoms with E-state index in [-0.39, 0.29) is 23.9 Å². The van der Waals surface area contributed by atoms with Crippen molar-refractivity contribution >= 4 is 27.5 Å². The molecule has 1 fully saturated rings.